The molecule has 84 valence electrons. The number of sulfone groups is 1. The van der Waals surface area contributed by atoms with E-state index in [2.05, 4.69) is 15.9 Å². The molecule has 2 aromatic rings. The highest BCUT2D eigenvalue weighted by atomic mass is 79.9. The molecule has 0 bridgehead atoms. The van der Waals surface area contributed by atoms with Gasteiger partial charge in [0.05, 0.1) is 4.90 Å². The molecule has 0 saturated heterocycles. The van der Waals surface area contributed by atoms with Crippen molar-refractivity contribution in [1.29, 1.82) is 0 Å². The molecule has 0 amide bonds. The first-order valence-corrected chi connectivity index (χ1v) is 7.01. The highest BCUT2D eigenvalue weighted by Gasteiger charge is 2.16. The molecule has 0 aliphatic rings. The number of aliphatic hydroxyl groups is 1. The van der Waals surface area contributed by atoms with E-state index in [0.717, 1.165) is 9.86 Å². The van der Waals surface area contributed by atoms with Gasteiger partial charge in [-0.1, -0.05) is 40.2 Å². The molecule has 0 fully saturated rings. The average molecular weight is 301 g/mol. The van der Waals surface area contributed by atoms with E-state index in [1.54, 1.807) is 18.2 Å². The van der Waals surface area contributed by atoms with Crippen molar-refractivity contribution in [3.8, 4) is 0 Å². The minimum atomic E-state index is -3.61. The second kappa shape index (κ2) is 4.16. The van der Waals surface area contributed by atoms with Gasteiger partial charge in [0, 0.05) is 9.86 Å². The van der Waals surface area contributed by atoms with Crippen molar-refractivity contribution in [2.45, 2.75) is 4.90 Å². The number of benzene rings is 2. The number of aliphatic hydroxyl groups excluding tert-OH is 1. The molecule has 0 atom stereocenters. The van der Waals surface area contributed by atoms with E-state index in [0.29, 0.717) is 5.39 Å². The largest absolute Gasteiger partial charge is 0.380 e. The van der Waals surface area contributed by atoms with Crippen molar-refractivity contribution in [2.75, 3.05) is 5.94 Å². The van der Waals surface area contributed by atoms with Crippen molar-refractivity contribution in [1.82, 2.24) is 0 Å². The molecular weight excluding hydrogens is 292 g/mol. The van der Waals surface area contributed by atoms with Gasteiger partial charge in [0.1, 0.15) is 5.94 Å². The number of rotatable bonds is 2. The van der Waals surface area contributed by atoms with Crippen molar-refractivity contribution in [3.63, 3.8) is 0 Å². The van der Waals surface area contributed by atoms with Crippen LogP contribution in [-0.2, 0) is 9.84 Å². The van der Waals surface area contributed by atoms with Gasteiger partial charge < -0.3 is 5.11 Å². The highest BCUT2D eigenvalue weighted by Crippen LogP contribution is 2.28. The van der Waals surface area contributed by atoms with E-state index < -0.39 is 15.8 Å². The van der Waals surface area contributed by atoms with Gasteiger partial charge in [-0.2, -0.15) is 0 Å². The molecule has 0 saturated carbocycles. The average Bonchev–Trinajstić information content (AvgIpc) is 2.29. The first-order valence-electron chi connectivity index (χ1n) is 4.57. The number of hydrogen-bond acceptors (Lipinski definition) is 3. The lowest BCUT2D eigenvalue weighted by Crippen LogP contribution is -2.06. The van der Waals surface area contributed by atoms with Crippen molar-refractivity contribution in [3.05, 3.63) is 40.9 Å². The van der Waals surface area contributed by atoms with E-state index in [1.165, 1.54) is 6.07 Å². The quantitative estimate of drug-likeness (QED) is 0.926. The van der Waals surface area contributed by atoms with Crippen molar-refractivity contribution in [2.24, 2.45) is 0 Å². The third-order valence-corrected chi connectivity index (χ3v) is 4.39. The van der Waals surface area contributed by atoms with Crippen LogP contribution < -0.4 is 0 Å². The molecule has 2 rings (SSSR count). The number of hydrogen-bond donors (Lipinski definition) is 1. The van der Waals surface area contributed by atoms with Crippen molar-refractivity contribution >= 4 is 36.5 Å². The standard InChI is InChI=1S/C11H9BrO3S/c12-10-5-1-4-9-8(10)3-2-6-11(9)16(14,15)7-13/h1-6,13H,7H2. The molecule has 0 aliphatic carbocycles. The molecule has 16 heavy (non-hydrogen) atoms. The fourth-order valence-corrected chi connectivity index (χ4v) is 3.02. The minimum absolute atomic E-state index is 0.161. The Balaban J connectivity index is 2.88. The molecule has 0 spiro atoms. The van der Waals surface area contributed by atoms with Gasteiger partial charge in [0.2, 0.25) is 9.84 Å². The Morgan fingerprint density at radius 2 is 1.69 bits per heavy atom. The maximum absolute atomic E-state index is 11.7. The van der Waals surface area contributed by atoms with Gasteiger partial charge >= 0.3 is 0 Å². The van der Waals surface area contributed by atoms with E-state index in [1.807, 2.05) is 12.1 Å². The molecule has 0 aliphatic heterocycles. The van der Waals surface area contributed by atoms with Gasteiger partial charge in [-0.05, 0) is 17.5 Å². The van der Waals surface area contributed by atoms with Crippen LogP contribution >= 0.6 is 15.9 Å². The maximum atomic E-state index is 11.7. The molecule has 0 radical (unpaired) electrons. The van der Waals surface area contributed by atoms with Crippen LogP contribution in [0.25, 0.3) is 10.8 Å². The van der Waals surface area contributed by atoms with Crippen LogP contribution in [0.3, 0.4) is 0 Å². The first-order chi connectivity index (χ1) is 7.56. The lowest BCUT2D eigenvalue weighted by molar-refractivity contribution is 0.359. The second-order valence-corrected chi connectivity index (χ2v) is 6.12. The Kier molecular flexibility index (Phi) is 3.01. The lowest BCUT2D eigenvalue weighted by atomic mass is 10.1. The Hall–Kier alpha value is -0.910. The lowest BCUT2D eigenvalue weighted by Gasteiger charge is -2.06. The summed E-state index contributed by atoms with van der Waals surface area (Å²) in [6, 6.07) is 10.3. The van der Waals surface area contributed by atoms with Crippen LogP contribution in [0.1, 0.15) is 0 Å². The third-order valence-electron chi connectivity index (χ3n) is 2.33. The summed E-state index contributed by atoms with van der Waals surface area (Å²) in [4.78, 5) is 0.161. The number of halogens is 1. The van der Waals surface area contributed by atoms with Crippen LogP contribution in [0.4, 0.5) is 0 Å². The SMILES string of the molecule is O=S(=O)(CO)c1cccc2c(Br)cccc12. The Labute approximate surface area is 102 Å². The summed E-state index contributed by atoms with van der Waals surface area (Å²) in [7, 11) is -3.61. The summed E-state index contributed by atoms with van der Waals surface area (Å²) in [5.74, 6) is -0.876. The van der Waals surface area contributed by atoms with Gasteiger partial charge in [-0.3, -0.25) is 0 Å². The fraction of sp³-hybridized carbons (Fsp3) is 0.0909. The maximum Gasteiger partial charge on any atom is 0.202 e. The Morgan fingerprint density at radius 3 is 2.38 bits per heavy atom. The van der Waals surface area contributed by atoms with Crippen LogP contribution in [0, 0.1) is 0 Å². The molecule has 2 aromatic carbocycles. The van der Waals surface area contributed by atoms with E-state index in [4.69, 9.17) is 5.11 Å². The third kappa shape index (κ3) is 1.86. The minimum Gasteiger partial charge on any atom is -0.380 e. The second-order valence-electron chi connectivity index (χ2n) is 3.33. The van der Waals surface area contributed by atoms with E-state index in [-0.39, 0.29) is 4.90 Å². The topological polar surface area (TPSA) is 54.4 Å². The monoisotopic (exact) mass is 300 g/mol. The zero-order chi connectivity index (χ0) is 11.8. The predicted octanol–water partition coefficient (Wildman–Crippen LogP) is 2.33. The fourth-order valence-electron chi connectivity index (χ4n) is 1.58. The number of fused-ring (bicyclic) bond motifs is 1. The summed E-state index contributed by atoms with van der Waals surface area (Å²) in [5.41, 5.74) is 0. The van der Waals surface area contributed by atoms with Crippen LogP contribution in [0.2, 0.25) is 0 Å². The summed E-state index contributed by atoms with van der Waals surface area (Å²) >= 11 is 3.36. The van der Waals surface area contributed by atoms with Crippen LogP contribution in [0.5, 0.6) is 0 Å². The Bertz CT molecular complexity index is 635. The smallest absolute Gasteiger partial charge is 0.202 e. The van der Waals surface area contributed by atoms with E-state index >= 15 is 0 Å². The first kappa shape index (κ1) is 11.6. The molecule has 1 N–H and O–H groups in total. The van der Waals surface area contributed by atoms with Crippen LogP contribution in [0.15, 0.2) is 45.8 Å². The van der Waals surface area contributed by atoms with Gasteiger partial charge in [-0.15, -0.1) is 0 Å². The molecule has 0 heterocycles. The van der Waals surface area contributed by atoms with Crippen LogP contribution in [-0.4, -0.2) is 19.5 Å². The molecule has 0 unspecified atom stereocenters. The highest BCUT2D eigenvalue weighted by molar-refractivity contribution is 9.10. The molecule has 0 aromatic heterocycles. The molecule has 3 nitrogen and oxygen atoms in total. The summed E-state index contributed by atoms with van der Waals surface area (Å²) < 4.78 is 24.2. The Morgan fingerprint density at radius 1 is 1.06 bits per heavy atom. The summed E-state index contributed by atoms with van der Waals surface area (Å²) in [6.07, 6.45) is 0. The van der Waals surface area contributed by atoms with Gasteiger partial charge in [0.25, 0.3) is 0 Å². The van der Waals surface area contributed by atoms with Gasteiger partial charge in [-0.25, -0.2) is 8.42 Å². The normalized spacial score (nSPS) is 11.9. The zero-order valence-corrected chi connectivity index (χ0v) is 10.6. The zero-order valence-electron chi connectivity index (χ0n) is 8.22. The predicted molar refractivity (Wildman–Crippen MR) is 65.9 cm³/mol. The molecular formula is C11H9BrO3S. The summed E-state index contributed by atoms with van der Waals surface area (Å²) in [5, 5.41) is 10.3. The van der Waals surface area contributed by atoms with Gasteiger partial charge in [0.15, 0.2) is 0 Å². The molecule has 5 heteroatoms. The van der Waals surface area contributed by atoms with Crippen molar-refractivity contribution < 1.29 is 13.5 Å². The van der Waals surface area contributed by atoms with E-state index in [9.17, 15) is 8.42 Å². The summed E-state index contributed by atoms with van der Waals surface area (Å²) in [6.45, 7) is 0.